The SMILES string of the molecule is Cc1cc(C)c(NC(=O)[C@]2(N(Cc3ccc(C(F)(F)F)cc3)C(=O)Cc3ccccc3)CC[C@@H]3Cc4ccccc4C[C@H]3C2)c(C)c1. The molecule has 4 nitrogen and oxygen atoms in total. The molecule has 7 heteroatoms. The van der Waals surface area contributed by atoms with Crippen molar-refractivity contribution in [2.75, 3.05) is 5.32 Å². The largest absolute Gasteiger partial charge is 0.416 e. The van der Waals surface area contributed by atoms with Crippen LogP contribution >= 0.6 is 0 Å². The second kappa shape index (κ2) is 13.0. The number of carbonyl (C=O) groups excluding carboxylic acids is 2. The van der Waals surface area contributed by atoms with Crippen LogP contribution in [-0.4, -0.2) is 22.3 Å². The van der Waals surface area contributed by atoms with E-state index in [9.17, 15) is 22.8 Å². The first-order chi connectivity index (χ1) is 22.4. The molecule has 6 rings (SSSR count). The Morgan fingerprint density at radius 1 is 0.809 bits per heavy atom. The Labute approximate surface area is 275 Å². The predicted molar refractivity (Wildman–Crippen MR) is 179 cm³/mol. The molecule has 0 unspecified atom stereocenters. The van der Waals surface area contributed by atoms with Gasteiger partial charge in [0.15, 0.2) is 0 Å². The lowest BCUT2D eigenvalue weighted by atomic mass is 9.62. The van der Waals surface area contributed by atoms with Gasteiger partial charge in [-0.1, -0.05) is 84.4 Å². The number of aryl methyl sites for hydroxylation is 3. The Hall–Kier alpha value is -4.39. The van der Waals surface area contributed by atoms with Crippen LogP contribution in [0.3, 0.4) is 0 Å². The molecule has 0 spiro atoms. The van der Waals surface area contributed by atoms with Crippen molar-refractivity contribution in [1.29, 1.82) is 0 Å². The molecule has 2 aliphatic carbocycles. The molecule has 0 bridgehead atoms. The monoisotopic (exact) mass is 638 g/mol. The Bertz CT molecular complexity index is 1740. The lowest BCUT2D eigenvalue weighted by Crippen LogP contribution is -2.62. The topological polar surface area (TPSA) is 49.4 Å². The van der Waals surface area contributed by atoms with Crippen LogP contribution in [0.15, 0.2) is 91.0 Å². The average Bonchev–Trinajstić information content (AvgIpc) is 3.04. The van der Waals surface area contributed by atoms with E-state index >= 15 is 0 Å². The summed E-state index contributed by atoms with van der Waals surface area (Å²) in [6.45, 7) is 5.98. The van der Waals surface area contributed by atoms with Gasteiger partial charge in [-0.2, -0.15) is 13.2 Å². The number of nitrogens with zero attached hydrogens (tertiary/aromatic N) is 1. The molecule has 244 valence electrons. The summed E-state index contributed by atoms with van der Waals surface area (Å²) in [5, 5.41) is 3.26. The molecular weight excluding hydrogens is 597 g/mol. The quantitative estimate of drug-likeness (QED) is 0.220. The number of carbonyl (C=O) groups is 2. The van der Waals surface area contributed by atoms with Crippen molar-refractivity contribution >= 4 is 17.5 Å². The molecule has 3 atom stereocenters. The average molecular weight is 639 g/mol. The van der Waals surface area contributed by atoms with Crippen LogP contribution in [0.4, 0.5) is 18.9 Å². The lowest BCUT2D eigenvalue weighted by Gasteiger charge is -2.51. The molecule has 1 fully saturated rings. The molecule has 4 aromatic rings. The minimum absolute atomic E-state index is 0.0249. The summed E-state index contributed by atoms with van der Waals surface area (Å²) < 4.78 is 40.4. The van der Waals surface area contributed by atoms with Gasteiger partial charge in [0.25, 0.3) is 0 Å². The maximum Gasteiger partial charge on any atom is 0.416 e. The van der Waals surface area contributed by atoms with Crippen LogP contribution in [0.25, 0.3) is 0 Å². The molecule has 0 heterocycles. The molecule has 4 aromatic carbocycles. The van der Waals surface area contributed by atoms with Gasteiger partial charge in [-0.15, -0.1) is 0 Å². The number of halogens is 3. The van der Waals surface area contributed by atoms with E-state index in [1.807, 2.05) is 69.3 Å². The number of hydrogen-bond acceptors (Lipinski definition) is 2. The van der Waals surface area contributed by atoms with Crippen molar-refractivity contribution in [2.24, 2.45) is 11.8 Å². The molecular formula is C40H41F3N2O2. The minimum Gasteiger partial charge on any atom is -0.324 e. The minimum atomic E-state index is -4.47. The molecule has 0 radical (unpaired) electrons. The highest BCUT2D eigenvalue weighted by Crippen LogP contribution is 2.47. The highest BCUT2D eigenvalue weighted by Gasteiger charge is 2.52. The standard InChI is InChI=1S/C40H41F3N2O2/c1-26-19-27(2)37(28(3)20-26)44-38(47)39(18-17-33-22-31-11-7-8-12-32(31)23-34(33)24-39)45(36(46)21-29-9-5-4-6-10-29)25-30-13-15-35(16-14-30)40(41,42)43/h4-16,19-20,33-34H,17-18,21-25H2,1-3H3,(H,44,47)/t33-,34+,39+/m1/s1. The summed E-state index contributed by atoms with van der Waals surface area (Å²) in [6.07, 6.45) is -0.931. The van der Waals surface area contributed by atoms with Crippen LogP contribution in [-0.2, 0) is 41.6 Å². The number of hydrogen-bond donors (Lipinski definition) is 1. The summed E-state index contributed by atoms with van der Waals surface area (Å²) in [5.41, 5.74) is 5.75. The van der Waals surface area contributed by atoms with Gasteiger partial charge in [0, 0.05) is 12.2 Å². The van der Waals surface area contributed by atoms with Crippen LogP contribution in [0.1, 0.15) is 63.8 Å². The number of amides is 2. The number of rotatable bonds is 7. The second-order valence-corrected chi connectivity index (χ2v) is 13.5. The molecule has 1 saturated carbocycles. The van der Waals surface area contributed by atoms with Gasteiger partial charge in [-0.3, -0.25) is 9.59 Å². The zero-order valence-electron chi connectivity index (χ0n) is 27.2. The van der Waals surface area contributed by atoms with E-state index in [4.69, 9.17) is 0 Å². The number of nitrogens with one attached hydrogen (secondary N) is 1. The first kappa shape index (κ1) is 32.5. The summed E-state index contributed by atoms with van der Waals surface area (Å²) >= 11 is 0. The molecule has 1 N–H and O–H groups in total. The maximum absolute atomic E-state index is 14.9. The van der Waals surface area contributed by atoms with Gasteiger partial charge in [-0.05, 0) is 110 Å². The third-order valence-corrected chi connectivity index (χ3v) is 10.3. The fourth-order valence-electron chi connectivity index (χ4n) is 7.90. The molecule has 0 saturated heterocycles. The van der Waals surface area contributed by atoms with Crippen molar-refractivity contribution in [3.8, 4) is 0 Å². The van der Waals surface area contributed by atoms with Gasteiger partial charge < -0.3 is 10.2 Å². The number of anilines is 1. The van der Waals surface area contributed by atoms with Crippen LogP contribution < -0.4 is 5.32 Å². The Morgan fingerprint density at radius 3 is 2.02 bits per heavy atom. The van der Waals surface area contributed by atoms with Gasteiger partial charge in [0.2, 0.25) is 11.8 Å². The Kier molecular flexibility index (Phi) is 9.01. The van der Waals surface area contributed by atoms with Crippen LogP contribution in [0.5, 0.6) is 0 Å². The Morgan fingerprint density at radius 2 is 1.40 bits per heavy atom. The van der Waals surface area contributed by atoms with E-state index in [0.717, 1.165) is 59.3 Å². The molecule has 47 heavy (non-hydrogen) atoms. The highest BCUT2D eigenvalue weighted by molar-refractivity contribution is 6.02. The normalized spacial score (nSPS) is 20.6. The van der Waals surface area contributed by atoms with E-state index in [-0.39, 0.29) is 30.7 Å². The first-order valence-corrected chi connectivity index (χ1v) is 16.4. The number of alkyl halides is 3. The molecule has 2 amide bonds. The van der Waals surface area contributed by atoms with Crippen molar-refractivity contribution in [3.63, 3.8) is 0 Å². The lowest BCUT2D eigenvalue weighted by molar-refractivity contribution is -0.150. The number of fused-ring (bicyclic) bond motifs is 2. The van der Waals surface area contributed by atoms with Crippen LogP contribution in [0, 0.1) is 32.6 Å². The molecule has 0 aliphatic heterocycles. The maximum atomic E-state index is 14.9. The highest BCUT2D eigenvalue weighted by atomic mass is 19.4. The molecule has 0 aromatic heterocycles. The zero-order chi connectivity index (χ0) is 33.3. The van der Waals surface area contributed by atoms with E-state index in [1.54, 1.807) is 4.90 Å². The third-order valence-electron chi connectivity index (χ3n) is 10.3. The fraction of sp³-hybridized carbons (Fsp3) is 0.350. The smallest absolute Gasteiger partial charge is 0.324 e. The van der Waals surface area contributed by atoms with E-state index < -0.39 is 17.3 Å². The third kappa shape index (κ3) is 6.85. The number of benzene rings is 4. The molecule has 2 aliphatic rings. The second-order valence-electron chi connectivity index (χ2n) is 13.5. The van der Waals surface area contributed by atoms with Crippen molar-refractivity contribution in [1.82, 2.24) is 4.90 Å². The van der Waals surface area contributed by atoms with Gasteiger partial charge in [0.05, 0.1) is 12.0 Å². The Balaban J connectivity index is 1.43. The van der Waals surface area contributed by atoms with E-state index in [2.05, 4.69) is 23.5 Å². The van der Waals surface area contributed by atoms with Gasteiger partial charge >= 0.3 is 6.18 Å². The van der Waals surface area contributed by atoms with E-state index in [1.165, 1.54) is 23.3 Å². The summed E-state index contributed by atoms with van der Waals surface area (Å²) in [4.78, 5) is 31.1. The van der Waals surface area contributed by atoms with Crippen molar-refractivity contribution in [3.05, 3.63) is 136 Å². The first-order valence-electron chi connectivity index (χ1n) is 16.4. The predicted octanol–water partition coefficient (Wildman–Crippen LogP) is 8.79. The zero-order valence-corrected chi connectivity index (χ0v) is 27.2. The van der Waals surface area contributed by atoms with E-state index in [0.29, 0.717) is 24.3 Å². The summed E-state index contributed by atoms with van der Waals surface area (Å²) in [7, 11) is 0. The summed E-state index contributed by atoms with van der Waals surface area (Å²) in [6, 6.07) is 26.9. The van der Waals surface area contributed by atoms with Gasteiger partial charge in [0.1, 0.15) is 5.54 Å². The van der Waals surface area contributed by atoms with Crippen molar-refractivity contribution < 1.29 is 22.8 Å². The summed E-state index contributed by atoms with van der Waals surface area (Å²) in [5.74, 6) is 0.0894. The van der Waals surface area contributed by atoms with Crippen LogP contribution in [0.2, 0.25) is 0 Å². The van der Waals surface area contributed by atoms with Gasteiger partial charge in [-0.25, -0.2) is 0 Å². The fourth-order valence-corrected chi connectivity index (χ4v) is 7.90. The van der Waals surface area contributed by atoms with Crippen molar-refractivity contribution in [2.45, 2.75) is 77.6 Å².